The van der Waals surface area contributed by atoms with E-state index in [4.69, 9.17) is 9.47 Å². The summed E-state index contributed by atoms with van der Waals surface area (Å²) in [6.45, 7) is 7.41. The van der Waals surface area contributed by atoms with Crippen LogP contribution in [-0.2, 0) is 14.9 Å². The van der Waals surface area contributed by atoms with Gasteiger partial charge in [0.1, 0.15) is 11.3 Å². The van der Waals surface area contributed by atoms with Crippen molar-refractivity contribution in [2.75, 3.05) is 20.2 Å². The lowest BCUT2D eigenvalue weighted by Crippen LogP contribution is -2.43. The lowest BCUT2D eigenvalue weighted by Gasteiger charge is -2.32. The number of benzene rings is 3. The Hall–Kier alpha value is -4.60. The summed E-state index contributed by atoms with van der Waals surface area (Å²) in [7, 11) is 1.31. The summed E-state index contributed by atoms with van der Waals surface area (Å²) in [5.41, 5.74) is 3.58. The number of aryl methyl sites for hydroxylation is 1. The van der Waals surface area contributed by atoms with E-state index in [1.54, 1.807) is 68.0 Å². The lowest BCUT2D eigenvalue weighted by atomic mass is 9.86. The Morgan fingerprint density at radius 2 is 1.64 bits per heavy atom. The zero-order valence-electron chi connectivity index (χ0n) is 25.3. The summed E-state index contributed by atoms with van der Waals surface area (Å²) in [6, 6.07) is 20.2. The van der Waals surface area contributed by atoms with E-state index in [0.717, 1.165) is 16.7 Å². The number of aromatic nitrogens is 3. The average molecular weight is 601 g/mol. The number of alkyl halides is 2. The Morgan fingerprint density at radius 1 is 0.955 bits per heavy atom. The maximum absolute atomic E-state index is 15.4. The molecule has 4 aromatic rings. The number of halogens is 2. The van der Waals surface area contributed by atoms with Gasteiger partial charge in [0, 0.05) is 18.7 Å². The highest BCUT2D eigenvalue weighted by Gasteiger charge is 2.82. The van der Waals surface area contributed by atoms with Crippen molar-refractivity contribution in [1.82, 2.24) is 19.9 Å². The second kappa shape index (κ2) is 10.5. The van der Waals surface area contributed by atoms with Gasteiger partial charge >= 0.3 is 12.1 Å². The first-order valence-electron chi connectivity index (χ1n) is 14.5. The Morgan fingerprint density at radius 3 is 2.27 bits per heavy atom. The molecule has 1 amide bonds. The minimum Gasteiger partial charge on any atom is -0.465 e. The topological polar surface area (TPSA) is 86.5 Å². The first-order valence-corrected chi connectivity index (χ1v) is 14.5. The standard InChI is InChI=1S/C34H34F2N4O4/c1-21-6-8-23(9-7-21)28-19-40(38-37-28)27-17-24(16-25(18-27)30(41)43-5)22-10-12-26(13-11-22)33-14-15-39(20-29(33)34(33,35)36)31(42)44-32(2,3)4/h6-13,16-19,29H,14-15,20H2,1-5H3. The van der Waals surface area contributed by atoms with E-state index in [1.165, 1.54) is 12.0 Å². The van der Waals surface area contributed by atoms with E-state index >= 15 is 8.78 Å². The number of hydrogen-bond donors (Lipinski definition) is 0. The average Bonchev–Trinajstić information content (AvgIpc) is 3.27. The minimum atomic E-state index is -2.94. The fourth-order valence-corrected chi connectivity index (χ4v) is 6.15. The van der Waals surface area contributed by atoms with Crippen molar-refractivity contribution in [2.45, 2.75) is 51.1 Å². The highest BCUT2D eigenvalue weighted by Crippen LogP contribution is 2.70. The molecule has 44 heavy (non-hydrogen) atoms. The number of amides is 1. The van der Waals surface area contributed by atoms with Gasteiger partial charge in [-0.05, 0) is 69.0 Å². The number of hydrogen-bond acceptors (Lipinski definition) is 6. The second-order valence-electron chi connectivity index (χ2n) is 12.6. The SMILES string of the molecule is COC(=O)c1cc(-c2ccc(C34CCN(C(=O)OC(C)(C)C)CC3C4(F)F)cc2)cc(-n2cc(-c3ccc(C)cc3)nn2)c1. The quantitative estimate of drug-likeness (QED) is 0.233. The van der Waals surface area contributed by atoms with Crippen LogP contribution < -0.4 is 0 Å². The number of fused-ring (bicyclic) bond motifs is 1. The molecule has 1 saturated carbocycles. The Bertz CT molecular complexity index is 1730. The minimum absolute atomic E-state index is 0.0588. The van der Waals surface area contributed by atoms with E-state index in [2.05, 4.69) is 10.3 Å². The molecule has 0 radical (unpaired) electrons. The zero-order chi connectivity index (χ0) is 31.4. The van der Waals surface area contributed by atoms with Crippen LogP contribution in [0.15, 0.2) is 72.9 Å². The molecule has 1 saturated heterocycles. The number of ether oxygens (including phenoxy) is 2. The summed E-state index contributed by atoms with van der Waals surface area (Å²) in [5.74, 6) is -4.43. The fraction of sp³-hybridized carbons (Fsp3) is 0.353. The number of carbonyl (C=O) groups excluding carboxylic acids is 2. The smallest absolute Gasteiger partial charge is 0.410 e. The molecule has 8 nitrogen and oxygen atoms in total. The highest BCUT2D eigenvalue weighted by molar-refractivity contribution is 5.92. The van der Waals surface area contributed by atoms with Crippen LogP contribution in [0.5, 0.6) is 0 Å². The number of piperidine rings is 1. The predicted octanol–water partition coefficient (Wildman–Crippen LogP) is 6.84. The number of esters is 1. The van der Waals surface area contributed by atoms with Crippen LogP contribution in [0.1, 0.15) is 48.7 Å². The van der Waals surface area contributed by atoms with Gasteiger partial charge in [-0.25, -0.2) is 23.1 Å². The van der Waals surface area contributed by atoms with Gasteiger partial charge in [-0.2, -0.15) is 0 Å². The summed E-state index contributed by atoms with van der Waals surface area (Å²) in [5, 5.41) is 8.59. The summed E-state index contributed by atoms with van der Waals surface area (Å²) in [6.07, 6.45) is 1.36. The molecular formula is C34H34F2N4O4. The third kappa shape index (κ3) is 5.12. The predicted molar refractivity (Wildman–Crippen MR) is 161 cm³/mol. The normalized spacial score (nSPS) is 20.5. The van der Waals surface area contributed by atoms with E-state index in [9.17, 15) is 9.59 Å². The third-order valence-electron chi connectivity index (χ3n) is 8.55. The summed E-state index contributed by atoms with van der Waals surface area (Å²) < 4.78 is 42.7. The molecule has 6 rings (SSSR count). The van der Waals surface area contributed by atoms with Crippen LogP contribution >= 0.6 is 0 Å². The molecular weight excluding hydrogens is 566 g/mol. The maximum atomic E-state index is 15.4. The molecule has 2 unspecified atom stereocenters. The highest BCUT2D eigenvalue weighted by atomic mass is 19.3. The Labute approximate surface area is 254 Å². The van der Waals surface area contributed by atoms with Gasteiger partial charge in [0.05, 0.1) is 35.9 Å². The van der Waals surface area contributed by atoms with Crippen LogP contribution in [0.3, 0.4) is 0 Å². The first-order chi connectivity index (χ1) is 20.8. The van der Waals surface area contributed by atoms with Gasteiger partial charge in [0.25, 0.3) is 5.92 Å². The molecule has 1 aromatic heterocycles. The molecule has 0 spiro atoms. The molecule has 2 fully saturated rings. The molecule has 10 heteroatoms. The second-order valence-corrected chi connectivity index (χ2v) is 12.6. The lowest BCUT2D eigenvalue weighted by molar-refractivity contribution is 0.0194. The van der Waals surface area contributed by atoms with Crippen LogP contribution in [0.4, 0.5) is 13.6 Å². The van der Waals surface area contributed by atoms with Crippen molar-refractivity contribution in [3.8, 4) is 28.1 Å². The number of nitrogens with zero attached hydrogens (tertiary/aromatic N) is 4. The van der Waals surface area contributed by atoms with Gasteiger partial charge in [-0.3, -0.25) is 0 Å². The number of carbonyl (C=O) groups is 2. The van der Waals surface area contributed by atoms with Crippen molar-refractivity contribution in [3.05, 3.63) is 89.6 Å². The van der Waals surface area contributed by atoms with Crippen LogP contribution in [0.2, 0.25) is 0 Å². The van der Waals surface area contributed by atoms with Gasteiger partial charge in [0.15, 0.2) is 0 Å². The van der Waals surface area contributed by atoms with E-state index in [0.29, 0.717) is 28.1 Å². The fourth-order valence-electron chi connectivity index (χ4n) is 6.15. The number of rotatable bonds is 5. The van der Waals surface area contributed by atoms with Crippen LogP contribution in [0.25, 0.3) is 28.1 Å². The van der Waals surface area contributed by atoms with Crippen molar-refractivity contribution in [2.24, 2.45) is 5.92 Å². The first kappa shape index (κ1) is 29.5. The van der Waals surface area contributed by atoms with Crippen molar-refractivity contribution < 1.29 is 27.8 Å². The summed E-state index contributed by atoms with van der Waals surface area (Å²) >= 11 is 0. The zero-order valence-corrected chi connectivity index (χ0v) is 25.3. The Balaban J connectivity index is 1.28. The maximum Gasteiger partial charge on any atom is 0.410 e. The molecule has 3 aromatic carbocycles. The van der Waals surface area contributed by atoms with Crippen LogP contribution in [-0.4, -0.2) is 63.7 Å². The number of likely N-dealkylation sites (tertiary alicyclic amines) is 1. The van der Waals surface area contributed by atoms with Crippen molar-refractivity contribution in [1.29, 1.82) is 0 Å². The van der Waals surface area contributed by atoms with E-state index in [1.807, 2.05) is 37.3 Å². The number of methoxy groups -OCH3 is 1. The van der Waals surface area contributed by atoms with Crippen LogP contribution in [0, 0.1) is 12.8 Å². The molecule has 0 N–H and O–H groups in total. The molecule has 1 aliphatic carbocycles. The van der Waals surface area contributed by atoms with E-state index < -0.39 is 34.9 Å². The van der Waals surface area contributed by atoms with Crippen molar-refractivity contribution >= 4 is 12.1 Å². The third-order valence-corrected chi connectivity index (χ3v) is 8.55. The molecule has 1 aliphatic heterocycles. The largest absolute Gasteiger partial charge is 0.465 e. The van der Waals surface area contributed by atoms with E-state index in [-0.39, 0.29) is 19.5 Å². The van der Waals surface area contributed by atoms with Gasteiger partial charge < -0.3 is 14.4 Å². The monoisotopic (exact) mass is 600 g/mol. The van der Waals surface area contributed by atoms with Gasteiger partial charge in [-0.15, -0.1) is 5.10 Å². The Kier molecular flexibility index (Phi) is 7.06. The molecule has 2 heterocycles. The molecule has 2 atom stereocenters. The molecule has 0 bridgehead atoms. The van der Waals surface area contributed by atoms with Gasteiger partial charge in [0.2, 0.25) is 0 Å². The molecule has 228 valence electrons. The van der Waals surface area contributed by atoms with Gasteiger partial charge in [-0.1, -0.05) is 59.3 Å². The van der Waals surface area contributed by atoms with Crippen molar-refractivity contribution in [3.63, 3.8) is 0 Å². The summed E-state index contributed by atoms with van der Waals surface area (Å²) in [4.78, 5) is 26.5. The molecule has 2 aliphatic rings.